The summed E-state index contributed by atoms with van der Waals surface area (Å²) < 4.78 is 5.31. The van der Waals surface area contributed by atoms with E-state index >= 15 is 0 Å². The van der Waals surface area contributed by atoms with E-state index in [1.54, 1.807) is 12.1 Å². The number of morpholine rings is 1. The highest BCUT2D eigenvalue weighted by Gasteiger charge is 2.15. The highest BCUT2D eigenvalue weighted by Crippen LogP contribution is 2.28. The molecule has 0 aromatic heterocycles. The standard InChI is InChI=1S/C13H18ClN3O3/c1-15(4-5-16-6-8-20-9-7-16)11-2-3-13(17(18)19)12(14)10-11/h2-3,10H,4-9H2,1H3. The van der Waals surface area contributed by atoms with Gasteiger partial charge < -0.3 is 9.64 Å². The van der Waals surface area contributed by atoms with Gasteiger partial charge in [-0.2, -0.15) is 0 Å². The molecule has 0 bridgehead atoms. The van der Waals surface area contributed by atoms with Gasteiger partial charge in [0.2, 0.25) is 0 Å². The van der Waals surface area contributed by atoms with Crippen LogP contribution in [0.1, 0.15) is 0 Å². The normalized spacial score (nSPS) is 16.1. The molecule has 1 aliphatic heterocycles. The van der Waals surface area contributed by atoms with Gasteiger partial charge in [-0.3, -0.25) is 15.0 Å². The summed E-state index contributed by atoms with van der Waals surface area (Å²) in [6.07, 6.45) is 0. The van der Waals surface area contributed by atoms with Gasteiger partial charge in [-0.05, 0) is 12.1 Å². The van der Waals surface area contributed by atoms with Gasteiger partial charge in [-0.1, -0.05) is 11.6 Å². The summed E-state index contributed by atoms with van der Waals surface area (Å²) in [4.78, 5) is 14.6. The maximum Gasteiger partial charge on any atom is 0.288 e. The van der Waals surface area contributed by atoms with Crippen molar-refractivity contribution in [1.29, 1.82) is 0 Å². The van der Waals surface area contributed by atoms with E-state index in [0.29, 0.717) is 0 Å². The van der Waals surface area contributed by atoms with Crippen LogP contribution >= 0.6 is 11.6 Å². The second-order valence-corrected chi connectivity index (χ2v) is 5.18. The van der Waals surface area contributed by atoms with Crippen molar-refractivity contribution >= 4 is 23.0 Å². The second kappa shape index (κ2) is 6.88. The third-order valence-electron chi connectivity index (χ3n) is 3.42. The monoisotopic (exact) mass is 299 g/mol. The average molecular weight is 300 g/mol. The molecule has 0 saturated carbocycles. The van der Waals surface area contributed by atoms with Gasteiger partial charge in [0, 0.05) is 45.0 Å². The number of benzene rings is 1. The van der Waals surface area contributed by atoms with Crippen LogP contribution in [0.2, 0.25) is 5.02 Å². The first-order valence-electron chi connectivity index (χ1n) is 6.53. The van der Waals surface area contributed by atoms with Crippen LogP contribution in [-0.4, -0.2) is 56.3 Å². The molecule has 1 saturated heterocycles. The van der Waals surface area contributed by atoms with E-state index in [0.717, 1.165) is 45.1 Å². The number of rotatable bonds is 5. The number of nitro groups is 1. The average Bonchev–Trinajstić information content (AvgIpc) is 2.45. The number of hydrogen-bond acceptors (Lipinski definition) is 5. The van der Waals surface area contributed by atoms with Gasteiger partial charge in [0.05, 0.1) is 18.1 Å². The molecule has 1 aromatic carbocycles. The van der Waals surface area contributed by atoms with Crippen LogP contribution in [-0.2, 0) is 4.74 Å². The van der Waals surface area contributed by atoms with Crippen LogP contribution in [0.25, 0.3) is 0 Å². The van der Waals surface area contributed by atoms with Crippen molar-refractivity contribution in [1.82, 2.24) is 4.90 Å². The fourth-order valence-electron chi connectivity index (χ4n) is 2.13. The Balaban J connectivity index is 1.93. The van der Waals surface area contributed by atoms with E-state index in [2.05, 4.69) is 4.90 Å². The summed E-state index contributed by atoms with van der Waals surface area (Å²) in [7, 11) is 1.96. The molecule has 110 valence electrons. The van der Waals surface area contributed by atoms with Crippen LogP contribution in [0.5, 0.6) is 0 Å². The van der Waals surface area contributed by atoms with Crippen molar-refractivity contribution in [3.63, 3.8) is 0 Å². The topological polar surface area (TPSA) is 58.8 Å². The lowest BCUT2D eigenvalue weighted by Crippen LogP contribution is -2.40. The van der Waals surface area contributed by atoms with E-state index in [1.807, 2.05) is 11.9 Å². The van der Waals surface area contributed by atoms with E-state index in [9.17, 15) is 10.1 Å². The molecule has 2 rings (SSSR count). The summed E-state index contributed by atoms with van der Waals surface area (Å²) in [5.41, 5.74) is 0.825. The van der Waals surface area contributed by atoms with Gasteiger partial charge in [-0.25, -0.2) is 0 Å². The molecular weight excluding hydrogens is 282 g/mol. The molecule has 0 atom stereocenters. The minimum absolute atomic E-state index is 0.0583. The molecule has 1 fully saturated rings. The Hall–Kier alpha value is -1.37. The SMILES string of the molecule is CN(CCN1CCOCC1)c1ccc([N+](=O)[O-])c(Cl)c1. The van der Waals surface area contributed by atoms with Gasteiger partial charge in [-0.15, -0.1) is 0 Å². The minimum Gasteiger partial charge on any atom is -0.379 e. The number of halogens is 1. The molecule has 0 unspecified atom stereocenters. The summed E-state index contributed by atoms with van der Waals surface area (Å²) in [5, 5.41) is 10.9. The van der Waals surface area contributed by atoms with Crippen LogP contribution in [0, 0.1) is 10.1 Å². The fraction of sp³-hybridized carbons (Fsp3) is 0.538. The predicted octanol–water partition coefficient (Wildman–Crippen LogP) is 2.02. The summed E-state index contributed by atoms with van der Waals surface area (Å²) >= 11 is 5.92. The van der Waals surface area contributed by atoms with E-state index < -0.39 is 4.92 Å². The van der Waals surface area contributed by atoms with Crippen molar-refractivity contribution in [2.24, 2.45) is 0 Å². The zero-order valence-corrected chi connectivity index (χ0v) is 12.2. The Bertz CT molecular complexity index is 478. The highest BCUT2D eigenvalue weighted by atomic mass is 35.5. The first-order valence-corrected chi connectivity index (χ1v) is 6.91. The van der Waals surface area contributed by atoms with Crippen LogP contribution in [0.3, 0.4) is 0 Å². The molecule has 1 heterocycles. The first-order chi connectivity index (χ1) is 9.58. The number of ether oxygens (including phenoxy) is 1. The lowest BCUT2D eigenvalue weighted by molar-refractivity contribution is -0.384. The van der Waals surface area contributed by atoms with Crippen LogP contribution in [0.15, 0.2) is 18.2 Å². The lowest BCUT2D eigenvalue weighted by atomic mass is 10.2. The Morgan fingerprint density at radius 1 is 1.45 bits per heavy atom. The third-order valence-corrected chi connectivity index (χ3v) is 3.73. The van der Waals surface area contributed by atoms with Crippen LogP contribution in [0.4, 0.5) is 11.4 Å². The van der Waals surface area contributed by atoms with Crippen molar-refractivity contribution in [3.05, 3.63) is 33.3 Å². The number of likely N-dealkylation sites (N-methyl/N-ethyl adjacent to an activating group) is 1. The zero-order chi connectivity index (χ0) is 14.5. The molecular formula is C13H18ClN3O3. The van der Waals surface area contributed by atoms with Crippen molar-refractivity contribution in [3.8, 4) is 0 Å². The van der Waals surface area contributed by atoms with Crippen molar-refractivity contribution in [2.75, 3.05) is 51.3 Å². The van der Waals surface area contributed by atoms with Gasteiger partial charge in [0.1, 0.15) is 5.02 Å². The van der Waals surface area contributed by atoms with E-state index in [1.165, 1.54) is 6.07 Å². The second-order valence-electron chi connectivity index (χ2n) is 4.77. The largest absolute Gasteiger partial charge is 0.379 e. The molecule has 20 heavy (non-hydrogen) atoms. The number of nitrogens with zero attached hydrogens (tertiary/aromatic N) is 3. The molecule has 0 amide bonds. The summed E-state index contributed by atoms with van der Waals surface area (Å²) in [5.74, 6) is 0. The summed E-state index contributed by atoms with van der Waals surface area (Å²) in [6, 6.07) is 4.81. The third kappa shape index (κ3) is 3.82. The fourth-order valence-corrected chi connectivity index (χ4v) is 2.37. The van der Waals surface area contributed by atoms with Gasteiger partial charge >= 0.3 is 0 Å². The molecule has 1 aliphatic rings. The van der Waals surface area contributed by atoms with Crippen LogP contribution < -0.4 is 4.90 Å². The van der Waals surface area contributed by atoms with E-state index in [-0.39, 0.29) is 10.7 Å². The molecule has 7 heteroatoms. The molecule has 6 nitrogen and oxygen atoms in total. The molecule has 0 radical (unpaired) electrons. The molecule has 0 N–H and O–H groups in total. The zero-order valence-electron chi connectivity index (χ0n) is 11.4. The van der Waals surface area contributed by atoms with Gasteiger partial charge in [0.15, 0.2) is 0 Å². The Morgan fingerprint density at radius 2 is 2.15 bits per heavy atom. The van der Waals surface area contributed by atoms with Crippen molar-refractivity contribution < 1.29 is 9.66 Å². The maximum atomic E-state index is 10.7. The first kappa shape index (κ1) is 15.0. The smallest absolute Gasteiger partial charge is 0.288 e. The lowest BCUT2D eigenvalue weighted by Gasteiger charge is -2.29. The number of hydrogen-bond donors (Lipinski definition) is 0. The Kier molecular flexibility index (Phi) is 5.17. The number of anilines is 1. The van der Waals surface area contributed by atoms with Gasteiger partial charge in [0.25, 0.3) is 5.69 Å². The predicted molar refractivity (Wildman–Crippen MR) is 78.6 cm³/mol. The summed E-state index contributed by atoms with van der Waals surface area (Å²) in [6.45, 7) is 5.26. The minimum atomic E-state index is -0.472. The molecule has 1 aromatic rings. The molecule has 0 spiro atoms. The van der Waals surface area contributed by atoms with Crippen molar-refractivity contribution in [2.45, 2.75) is 0 Å². The number of nitro benzene ring substituents is 1. The Labute approximate surface area is 123 Å². The Morgan fingerprint density at radius 3 is 2.75 bits per heavy atom. The highest BCUT2D eigenvalue weighted by molar-refractivity contribution is 6.32. The maximum absolute atomic E-state index is 10.7. The molecule has 0 aliphatic carbocycles. The van der Waals surface area contributed by atoms with E-state index in [4.69, 9.17) is 16.3 Å². The quantitative estimate of drug-likeness (QED) is 0.615.